The second-order valence-corrected chi connectivity index (χ2v) is 7.17. The lowest BCUT2D eigenvalue weighted by Crippen LogP contribution is -2.24. The maximum Gasteiger partial charge on any atom is 0.244 e. The maximum absolute atomic E-state index is 12.4. The zero-order valence-electron chi connectivity index (χ0n) is 13.5. The van der Waals surface area contributed by atoms with Gasteiger partial charge in [-0.25, -0.2) is 13.1 Å². The third kappa shape index (κ3) is 3.22. The Bertz CT molecular complexity index is 955. The number of sulfonamides is 1. The minimum atomic E-state index is -3.71. The largest absolute Gasteiger partial charge is 0.338 e. The topological polar surface area (TPSA) is 114 Å². The number of nitrogens with zero attached hydrogens (tertiary/aromatic N) is 3. The summed E-state index contributed by atoms with van der Waals surface area (Å²) in [5.74, 6) is 0.609. The van der Waals surface area contributed by atoms with Gasteiger partial charge < -0.3 is 4.52 Å². The van der Waals surface area contributed by atoms with Crippen LogP contribution in [0.1, 0.15) is 22.8 Å². The number of aromatic amines is 1. The molecule has 24 heavy (non-hydrogen) atoms. The summed E-state index contributed by atoms with van der Waals surface area (Å²) in [5.41, 5.74) is 2.77. The Kier molecular flexibility index (Phi) is 4.20. The Hall–Kier alpha value is -2.52. The van der Waals surface area contributed by atoms with Gasteiger partial charge in [-0.1, -0.05) is 28.9 Å². The predicted octanol–water partition coefficient (Wildman–Crippen LogP) is 1.86. The molecule has 2 N–H and O–H groups in total. The van der Waals surface area contributed by atoms with E-state index in [-0.39, 0.29) is 17.3 Å². The maximum atomic E-state index is 12.4. The highest BCUT2D eigenvalue weighted by atomic mass is 32.2. The molecule has 126 valence electrons. The predicted molar refractivity (Wildman–Crippen MR) is 86.6 cm³/mol. The van der Waals surface area contributed by atoms with Crippen LogP contribution >= 0.6 is 0 Å². The first-order chi connectivity index (χ1) is 11.4. The minimum absolute atomic E-state index is 0.0921. The van der Waals surface area contributed by atoms with Crippen LogP contribution in [0.4, 0.5) is 0 Å². The van der Waals surface area contributed by atoms with E-state index in [2.05, 4.69) is 25.1 Å². The van der Waals surface area contributed by atoms with Crippen molar-refractivity contribution < 1.29 is 12.9 Å². The molecule has 0 spiro atoms. The first-order valence-corrected chi connectivity index (χ1v) is 8.76. The lowest BCUT2D eigenvalue weighted by Gasteiger charge is -2.04. The zero-order chi connectivity index (χ0) is 17.3. The quantitative estimate of drug-likeness (QED) is 0.728. The van der Waals surface area contributed by atoms with Crippen LogP contribution in [0.5, 0.6) is 0 Å². The Labute approximate surface area is 139 Å². The van der Waals surface area contributed by atoms with Gasteiger partial charge in [-0.2, -0.15) is 10.1 Å². The third-order valence-corrected chi connectivity index (χ3v) is 5.15. The summed E-state index contributed by atoms with van der Waals surface area (Å²) >= 11 is 0. The van der Waals surface area contributed by atoms with Gasteiger partial charge in [0.1, 0.15) is 4.90 Å². The van der Waals surface area contributed by atoms with Gasteiger partial charge in [0.05, 0.1) is 17.9 Å². The summed E-state index contributed by atoms with van der Waals surface area (Å²) in [7, 11) is -3.71. The number of hydrogen-bond acceptors (Lipinski definition) is 6. The Morgan fingerprint density at radius 2 is 2.04 bits per heavy atom. The van der Waals surface area contributed by atoms with Crippen molar-refractivity contribution >= 4 is 10.0 Å². The standard InChI is InChI=1S/C15H17N5O3S/c1-9-5-4-6-12(7-9)15-17-13(23-20-15)8-16-24(21,22)14-10(2)18-19-11(14)3/h4-7,16H,8H2,1-3H3,(H,18,19). The van der Waals surface area contributed by atoms with Gasteiger partial charge in [0.2, 0.25) is 21.7 Å². The summed E-state index contributed by atoms with van der Waals surface area (Å²) in [5, 5.41) is 10.4. The number of benzene rings is 1. The van der Waals surface area contributed by atoms with E-state index in [1.165, 1.54) is 0 Å². The molecule has 0 saturated heterocycles. The summed E-state index contributed by atoms with van der Waals surface area (Å²) in [6, 6.07) is 7.66. The second-order valence-electron chi connectivity index (χ2n) is 5.47. The van der Waals surface area contributed by atoms with Crippen molar-refractivity contribution in [2.24, 2.45) is 0 Å². The van der Waals surface area contributed by atoms with E-state index < -0.39 is 10.0 Å². The molecular formula is C15H17N5O3S. The molecule has 3 aromatic rings. The normalized spacial score (nSPS) is 11.8. The molecule has 0 unspecified atom stereocenters. The molecule has 9 heteroatoms. The van der Waals surface area contributed by atoms with Gasteiger partial charge in [0.15, 0.2) is 0 Å². The van der Waals surface area contributed by atoms with Crippen LogP contribution in [0.15, 0.2) is 33.7 Å². The molecule has 0 aliphatic heterocycles. The molecule has 0 aliphatic carbocycles. The van der Waals surface area contributed by atoms with Crippen LogP contribution < -0.4 is 4.72 Å². The van der Waals surface area contributed by atoms with Crippen LogP contribution in [0.25, 0.3) is 11.4 Å². The van der Waals surface area contributed by atoms with Gasteiger partial charge in [0.25, 0.3) is 0 Å². The Morgan fingerprint density at radius 3 is 2.71 bits per heavy atom. The van der Waals surface area contributed by atoms with E-state index in [0.29, 0.717) is 17.2 Å². The number of rotatable bonds is 5. The molecular weight excluding hydrogens is 330 g/mol. The molecule has 0 bridgehead atoms. The molecule has 0 atom stereocenters. The van der Waals surface area contributed by atoms with Crippen molar-refractivity contribution in [1.29, 1.82) is 0 Å². The molecule has 0 aliphatic rings. The van der Waals surface area contributed by atoms with E-state index in [9.17, 15) is 8.42 Å². The average Bonchev–Trinajstić information content (AvgIpc) is 3.12. The van der Waals surface area contributed by atoms with Crippen molar-refractivity contribution in [3.8, 4) is 11.4 Å². The lowest BCUT2D eigenvalue weighted by molar-refractivity contribution is 0.376. The van der Waals surface area contributed by atoms with Gasteiger partial charge >= 0.3 is 0 Å². The second kappa shape index (κ2) is 6.17. The van der Waals surface area contributed by atoms with Crippen LogP contribution in [0, 0.1) is 20.8 Å². The van der Waals surface area contributed by atoms with E-state index in [1.807, 2.05) is 31.2 Å². The monoisotopic (exact) mass is 347 g/mol. The van der Waals surface area contributed by atoms with Crippen molar-refractivity contribution in [2.75, 3.05) is 0 Å². The Morgan fingerprint density at radius 1 is 1.25 bits per heavy atom. The molecule has 0 fully saturated rings. The fourth-order valence-electron chi connectivity index (χ4n) is 2.39. The van der Waals surface area contributed by atoms with E-state index >= 15 is 0 Å². The van der Waals surface area contributed by atoms with E-state index in [4.69, 9.17) is 4.52 Å². The third-order valence-electron chi connectivity index (χ3n) is 3.49. The number of nitrogens with one attached hydrogen (secondary N) is 2. The molecule has 0 saturated carbocycles. The van der Waals surface area contributed by atoms with Crippen molar-refractivity contribution in [3.63, 3.8) is 0 Å². The van der Waals surface area contributed by atoms with Gasteiger partial charge in [-0.3, -0.25) is 5.10 Å². The average molecular weight is 347 g/mol. The smallest absolute Gasteiger partial charge is 0.244 e. The van der Waals surface area contributed by atoms with Crippen LogP contribution in [-0.2, 0) is 16.6 Å². The highest BCUT2D eigenvalue weighted by Gasteiger charge is 2.23. The van der Waals surface area contributed by atoms with E-state index in [0.717, 1.165) is 11.1 Å². The summed E-state index contributed by atoms with van der Waals surface area (Å²) in [4.78, 5) is 4.36. The number of aromatic nitrogens is 4. The lowest BCUT2D eigenvalue weighted by atomic mass is 10.1. The molecule has 1 aromatic carbocycles. The first kappa shape index (κ1) is 16.3. The molecule has 2 heterocycles. The van der Waals surface area contributed by atoms with E-state index in [1.54, 1.807) is 13.8 Å². The van der Waals surface area contributed by atoms with Crippen molar-refractivity contribution in [1.82, 2.24) is 25.1 Å². The fourth-order valence-corrected chi connectivity index (χ4v) is 3.73. The molecule has 3 rings (SSSR count). The SMILES string of the molecule is Cc1cccc(-c2noc(CNS(=O)(=O)c3c(C)n[nH]c3C)n2)c1. The highest BCUT2D eigenvalue weighted by molar-refractivity contribution is 7.89. The summed E-state index contributed by atoms with van der Waals surface area (Å²) in [6.45, 7) is 5.15. The van der Waals surface area contributed by atoms with Crippen molar-refractivity contribution in [2.45, 2.75) is 32.2 Å². The first-order valence-electron chi connectivity index (χ1n) is 7.27. The van der Waals surface area contributed by atoms with Gasteiger partial charge in [-0.05, 0) is 26.8 Å². The number of aryl methyl sites for hydroxylation is 3. The number of hydrogen-bond donors (Lipinski definition) is 2. The highest BCUT2D eigenvalue weighted by Crippen LogP contribution is 2.18. The fraction of sp³-hybridized carbons (Fsp3) is 0.267. The van der Waals surface area contributed by atoms with Gasteiger partial charge in [0, 0.05) is 5.56 Å². The molecule has 2 aromatic heterocycles. The van der Waals surface area contributed by atoms with Crippen LogP contribution in [0.2, 0.25) is 0 Å². The molecule has 0 amide bonds. The Balaban J connectivity index is 1.76. The number of H-pyrrole nitrogens is 1. The zero-order valence-corrected chi connectivity index (χ0v) is 14.3. The van der Waals surface area contributed by atoms with Crippen molar-refractivity contribution in [3.05, 3.63) is 47.1 Å². The van der Waals surface area contributed by atoms with Crippen LogP contribution in [-0.4, -0.2) is 28.8 Å². The van der Waals surface area contributed by atoms with Gasteiger partial charge in [-0.15, -0.1) is 0 Å². The summed E-state index contributed by atoms with van der Waals surface area (Å²) < 4.78 is 32.3. The minimum Gasteiger partial charge on any atom is -0.338 e. The molecule has 8 nitrogen and oxygen atoms in total. The molecule has 0 radical (unpaired) electrons. The summed E-state index contributed by atoms with van der Waals surface area (Å²) in [6.07, 6.45) is 0. The van der Waals surface area contributed by atoms with Crippen LogP contribution in [0.3, 0.4) is 0 Å².